The Labute approximate surface area is 119 Å². The van der Waals surface area contributed by atoms with Gasteiger partial charge in [0, 0.05) is 20.1 Å². The van der Waals surface area contributed by atoms with E-state index in [1.165, 1.54) is 4.90 Å². The number of nitrogens with zero attached hydrogens (tertiary/aromatic N) is 1. The SMILES string of the molecule is CN(C)C(=O)C[C@@H](NC(=O)NC1CC1)c1ccccc1. The number of hydrogen-bond donors (Lipinski definition) is 2. The summed E-state index contributed by atoms with van der Waals surface area (Å²) in [6.07, 6.45) is 2.34. The van der Waals surface area contributed by atoms with Gasteiger partial charge < -0.3 is 15.5 Å². The zero-order chi connectivity index (χ0) is 14.5. The van der Waals surface area contributed by atoms with Gasteiger partial charge in [0.1, 0.15) is 0 Å². The van der Waals surface area contributed by atoms with Crippen LogP contribution in [0.4, 0.5) is 4.79 Å². The number of carbonyl (C=O) groups is 2. The highest BCUT2D eigenvalue weighted by atomic mass is 16.2. The third-order valence-electron chi connectivity index (χ3n) is 3.30. The van der Waals surface area contributed by atoms with Crippen LogP contribution >= 0.6 is 0 Å². The standard InChI is InChI=1S/C15H21N3O2/c1-18(2)14(19)10-13(11-6-4-3-5-7-11)17-15(20)16-12-8-9-12/h3-7,12-13H,8-10H2,1-2H3,(H2,16,17,20)/t13-/m1/s1. The molecule has 0 aromatic heterocycles. The Bertz CT molecular complexity index is 469. The number of urea groups is 1. The van der Waals surface area contributed by atoms with Crippen molar-refractivity contribution >= 4 is 11.9 Å². The summed E-state index contributed by atoms with van der Waals surface area (Å²) in [6, 6.07) is 9.37. The molecule has 0 radical (unpaired) electrons. The van der Waals surface area contributed by atoms with Crippen LogP contribution in [0.5, 0.6) is 0 Å². The summed E-state index contributed by atoms with van der Waals surface area (Å²) in [7, 11) is 3.43. The highest BCUT2D eigenvalue weighted by Gasteiger charge is 2.25. The van der Waals surface area contributed by atoms with Gasteiger partial charge in [-0.3, -0.25) is 4.79 Å². The molecule has 5 heteroatoms. The van der Waals surface area contributed by atoms with Crippen LogP contribution in [0.25, 0.3) is 0 Å². The van der Waals surface area contributed by atoms with Gasteiger partial charge >= 0.3 is 6.03 Å². The van der Waals surface area contributed by atoms with E-state index in [0.29, 0.717) is 6.04 Å². The van der Waals surface area contributed by atoms with Crippen molar-refractivity contribution < 1.29 is 9.59 Å². The van der Waals surface area contributed by atoms with E-state index in [9.17, 15) is 9.59 Å². The zero-order valence-corrected chi connectivity index (χ0v) is 11.9. The summed E-state index contributed by atoms with van der Waals surface area (Å²) < 4.78 is 0. The molecule has 0 spiro atoms. The van der Waals surface area contributed by atoms with Gasteiger partial charge in [0.05, 0.1) is 12.5 Å². The van der Waals surface area contributed by atoms with E-state index in [1.807, 2.05) is 30.3 Å². The molecule has 0 bridgehead atoms. The van der Waals surface area contributed by atoms with E-state index < -0.39 is 0 Å². The Balaban J connectivity index is 2.02. The molecule has 1 saturated carbocycles. The minimum atomic E-state index is -0.301. The zero-order valence-electron chi connectivity index (χ0n) is 11.9. The van der Waals surface area contributed by atoms with Crippen molar-refractivity contribution in [3.63, 3.8) is 0 Å². The third kappa shape index (κ3) is 4.26. The minimum Gasteiger partial charge on any atom is -0.349 e. The van der Waals surface area contributed by atoms with E-state index in [2.05, 4.69) is 10.6 Å². The number of nitrogens with one attached hydrogen (secondary N) is 2. The molecule has 2 N–H and O–H groups in total. The van der Waals surface area contributed by atoms with Crippen LogP contribution in [-0.2, 0) is 4.79 Å². The number of benzene rings is 1. The van der Waals surface area contributed by atoms with Crippen molar-refractivity contribution in [2.75, 3.05) is 14.1 Å². The van der Waals surface area contributed by atoms with E-state index in [-0.39, 0.29) is 24.4 Å². The fourth-order valence-electron chi connectivity index (χ4n) is 1.91. The van der Waals surface area contributed by atoms with Gasteiger partial charge in [0.15, 0.2) is 0 Å². The maximum absolute atomic E-state index is 11.9. The van der Waals surface area contributed by atoms with Crippen LogP contribution in [0.1, 0.15) is 30.9 Å². The molecule has 108 valence electrons. The monoisotopic (exact) mass is 275 g/mol. The Morgan fingerprint density at radius 1 is 1.25 bits per heavy atom. The van der Waals surface area contributed by atoms with Crippen molar-refractivity contribution in [3.05, 3.63) is 35.9 Å². The van der Waals surface area contributed by atoms with Crippen molar-refractivity contribution in [1.29, 1.82) is 0 Å². The Hall–Kier alpha value is -2.04. The summed E-state index contributed by atoms with van der Waals surface area (Å²) in [4.78, 5) is 25.3. The second kappa shape index (κ2) is 6.41. The lowest BCUT2D eigenvalue weighted by molar-refractivity contribution is -0.129. The summed E-state index contributed by atoms with van der Waals surface area (Å²) in [6.45, 7) is 0. The average Bonchev–Trinajstić information content (AvgIpc) is 3.22. The fraction of sp³-hybridized carbons (Fsp3) is 0.467. The second-order valence-electron chi connectivity index (χ2n) is 5.35. The first-order valence-corrected chi connectivity index (χ1v) is 6.88. The van der Waals surface area contributed by atoms with Crippen LogP contribution in [0.15, 0.2) is 30.3 Å². The van der Waals surface area contributed by atoms with Gasteiger partial charge in [-0.05, 0) is 18.4 Å². The van der Waals surface area contributed by atoms with E-state index >= 15 is 0 Å². The van der Waals surface area contributed by atoms with Crippen LogP contribution in [0.3, 0.4) is 0 Å². The fourth-order valence-corrected chi connectivity index (χ4v) is 1.91. The van der Waals surface area contributed by atoms with Crippen molar-refractivity contribution in [2.45, 2.75) is 31.3 Å². The Morgan fingerprint density at radius 3 is 2.45 bits per heavy atom. The van der Waals surface area contributed by atoms with Gasteiger partial charge in [-0.1, -0.05) is 30.3 Å². The highest BCUT2D eigenvalue weighted by Crippen LogP contribution is 2.20. The lowest BCUT2D eigenvalue weighted by Crippen LogP contribution is -2.40. The summed E-state index contributed by atoms with van der Waals surface area (Å²) in [5.74, 6) is -0.00873. The molecular weight excluding hydrogens is 254 g/mol. The summed E-state index contributed by atoms with van der Waals surface area (Å²) in [5, 5.41) is 5.77. The first-order valence-electron chi connectivity index (χ1n) is 6.88. The van der Waals surface area contributed by atoms with Gasteiger partial charge in [0.25, 0.3) is 0 Å². The molecule has 0 saturated heterocycles. The predicted molar refractivity (Wildman–Crippen MR) is 77.2 cm³/mol. The van der Waals surface area contributed by atoms with Crippen LogP contribution < -0.4 is 10.6 Å². The van der Waals surface area contributed by atoms with Crippen LogP contribution in [-0.4, -0.2) is 37.0 Å². The normalized spacial score (nSPS) is 15.3. The summed E-state index contributed by atoms with van der Waals surface area (Å²) >= 11 is 0. The smallest absolute Gasteiger partial charge is 0.315 e. The first kappa shape index (κ1) is 14.4. The number of carbonyl (C=O) groups excluding carboxylic acids is 2. The lowest BCUT2D eigenvalue weighted by Gasteiger charge is -2.21. The molecule has 1 aromatic carbocycles. The molecule has 1 fully saturated rings. The molecule has 1 aliphatic rings. The molecule has 1 aliphatic carbocycles. The summed E-state index contributed by atoms with van der Waals surface area (Å²) in [5.41, 5.74) is 0.939. The highest BCUT2D eigenvalue weighted by molar-refractivity contribution is 5.79. The van der Waals surface area contributed by atoms with Crippen LogP contribution in [0, 0.1) is 0 Å². The lowest BCUT2D eigenvalue weighted by atomic mass is 10.0. The molecular formula is C15H21N3O2. The molecule has 5 nitrogen and oxygen atoms in total. The average molecular weight is 275 g/mol. The maximum atomic E-state index is 11.9. The van der Waals surface area contributed by atoms with Gasteiger partial charge in [-0.25, -0.2) is 4.79 Å². The van der Waals surface area contributed by atoms with Gasteiger partial charge in [-0.2, -0.15) is 0 Å². The van der Waals surface area contributed by atoms with Gasteiger partial charge in [-0.15, -0.1) is 0 Å². The predicted octanol–water partition coefficient (Wildman–Crippen LogP) is 1.67. The van der Waals surface area contributed by atoms with Crippen molar-refractivity contribution in [1.82, 2.24) is 15.5 Å². The number of rotatable bonds is 5. The first-order chi connectivity index (χ1) is 9.56. The van der Waals surface area contributed by atoms with Crippen molar-refractivity contribution in [3.8, 4) is 0 Å². The second-order valence-corrected chi connectivity index (χ2v) is 5.35. The molecule has 0 aliphatic heterocycles. The minimum absolute atomic E-state index is 0.00873. The largest absolute Gasteiger partial charge is 0.349 e. The molecule has 0 unspecified atom stereocenters. The number of hydrogen-bond acceptors (Lipinski definition) is 2. The number of amides is 3. The molecule has 3 amide bonds. The molecule has 2 rings (SSSR count). The van der Waals surface area contributed by atoms with E-state index in [0.717, 1.165) is 18.4 Å². The quantitative estimate of drug-likeness (QED) is 0.858. The molecule has 1 atom stereocenters. The van der Waals surface area contributed by atoms with E-state index in [4.69, 9.17) is 0 Å². The third-order valence-corrected chi connectivity index (χ3v) is 3.30. The van der Waals surface area contributed by atoms with Crippen LogP contribution in [0.2, 0.25) is 0 Å². The Morgan fingerprint density at radius 2 is 1.90 bits per heavy atom. The van der Waals surface area contributed by atoms with Crippen molar-refractivity contribution in [2.24, 2.45) is 0 Å². The maximum Gasteiger partial charge on any atom is 0.315 e. The van der Waals surface area contributed by atoms with E-state index in [1.54, 1.807) is 14.1 Å². The molecule has 1 aromatic rings. The topological polar surface area (TPSA) is 61.4 Å². The van der Waals surface area contributed by atoms with Gasteiger partial charge in [0.2, 0.25) is 5.91 Å². The molecule has 20 heavy (non-hydrogen) atoms. The molecule has 0 heterocycles. The Kier molecular flexibility index (Phi) is 4.61.